The van der Waals surface area contributed by atoms with Crippen molar-refractivity contribution in [3.8, 4) is 0 Å². The summed E-state index contributed by atoms with van der Waals surface area (Å²) in [4.78, 5) is 10.3. The van der Waals surface area contributed by atoms with Crippen molar-refractivity contribution < 1.29 is 4.92 Å². The molecule has 0 bridgehead atoms. The second-order valence-corrected chi connectivity index (χ2v) is 4.34. The Hall–Kier alpha value is -2.95. The summed E-state index contributed by atoms with van der Waals surface area (Å²) < 4.78 is 0. The number of aromatic nitrogens is 2. The summed E-state index contributed by atoms with van der Waals surface area (Å²) in [6.45, 7) is 0. The maximum absolute atomic E-state index is 10.7. The van der Waals surface area contributed by atoms with Crippen LogP contribution in [-0.4, -0.2) is 15.1 Å². The van der Waals surface area contributed by atoms with Crippen LogP contribution in [0.2, 0.25) is 0 Å². The monoisotopic (exact) mass is 265 g/mol. The molecule has 1 N–H and O–H groups in total. The maximum Gasteiger partial charge on any atom is 0.270 e. The molecule has 0 atom stereocenters. The third-order valence-corrected chi connectivity index (χ3v) is 3.01. The highest BCUT2D eigenvalue weighted by Gasteiger charge is 2.04. The van der Waals surface area contributed by atoms with Crippen molar-refractivity contribution in [1.29, 1.82) is 0 Å². The van der Waals surface area contributed by atoms with E-state index in [4.69, 9.17) is 0 Å². The molecule has 0 fully saturated rings. The van der Waals surface area contributed by atoms with Crippen molar-refractivity contribution in [3.05, 3.63) is 69.9 Å². The van der Waals surface area contributed by atoms with Gasteiger partial charge >= 0.3 is 0 Å². The van der Waals surface area contributed by atoms with Crippen LogP contribution in [0.1, 0.15) is 11.3 Å². The topological polar surface area (TPSA) is 71.8 Å². The van der Waals surface area contributed by atoms with Gasteiger partial charge in [0.05, 0.1) is 16.1 Å². The van der Waals surface area contributed by atoms with E-state index in [0.29, 0.717) is 0 Å². The molecule has 2 aromatic carbocycles. The molecule has 3 rings (SSSR count). The summed E-state index contributed by atoms with van der Waals surface area (Å²) in [5, 5.41) is 18.9. The second kappa shape index (κ2) is 4.97. The molecule has 5 heteroatoms. The number of hydrogen-bond donors (Lipinski definition) is 1. The predicted molar refractivity (Wildman–Crippen MR) is 78.1 cm³/mol. The molecule has 0 saturated carbocycles. The molecule has 0 radical (unpaired) electrons. The third-order valence-electron chi connectivity index (χ3n) is 3.01. The number of nitrogens with zero attached hydrogens (tertiary/aromatic N) is 2. The van der Waals surface area contributed by atoms with Crippen LogP contribution < -0.4 is 0 Å². The highest BCUT2D eigenvalue weighted by atomic mass is 16.6. The molecule has 5 nitrogen and oxygen atoms in total. The lowest BCUT2D eigenvalue weighted by atomic mass is 10.1. The Morgan fingerprint density at radius 2 is 1.95 bits per heavy atom. The number of aromatic amines is 1. The molecular weight excluding hydrogens is 254 g/mol. The van der Waals surface area contributed by atoms with E-state index in [1.165, 1.54) is 12.1 Å². The molecule has 0 saturated heterocycles. The van der Waals surface area contributed by atoms with Crippen LogP contribution in [0.4, 0.5) is 5.69 Å². The second-order valence-electron chi connectivity index (χ2n) is 4.34. The Morgan fingerprint density at radius 1 is 1.10 bits per heavy atom. The first kappa shape index (κ1) is 12.1. The Kier molecular flexibility index (Phi) is 3.01. The SMILES string of the molecule is O=[N+]([O-])c1cccc(/C=C/c2n[nH]c3ccccc23)c1. The maximum atomic E-state index is 10.7. The van der Waals surface area contributed by atoms with E-state index in [0.717, 1.165) is 22.2 Å². The molecule has 0 unspecified atom stereocenters. The van der Waals surface area contributed by atoms with Gasteiger partial charge in [0.15, 0.2) is 0 Å². The molecule has 20 heavy (non-hydrogen) atoms. The average Bonchev–Trinajstić information content (AvgIpc) is 2.89. The Balaban J connectivity index is 1.94. The number of non-ortho nitro benzene ring substituents is 1. The molecule has 0 spiro atoms. The molecular formula is C15H11N3O2. The lowest BCUT2D eigenvalue weighted by Crippen LogP contribution is -1.87. The van der Waals surface area contributed by atoms with E-state index in [2.05, 4.69) is 10.2 Å². The van der Waals surface area contributed by atoms with Crippen LogP contribution in [0, 0.1) is 10.1 Å². The van der Waals surface area contributed by atoms with E-state index in [1.807, 2.05) is 42.5 Å². The first-order chi connectivity index (χ1) is 9.74. The quantitative estimate of drug-likeness (QED) is 0.580. The largest absolute Gasteiger partial charge is 0.277 e. The Labute approximate surface area is 114 Å². The number of fused-ring (bicyclic) bond motifs is 1. The number of H-pyrrole nitrogens is 1. The van der Waals surface area contributed by atoms with Crippen molar-refractivity contribution in [2.45, 2.75) is 0 Å². The lowest BCUT2D eigenvalue weighted by molar-refractivity contribution is -0.384. The minimum absolute atomic E-state index is 0.0824. The van der Waals surface area contributed by atoms with Crippen molar-refractivity contribution in [3.63, 3.8) is 0 Å². The average molecular weight is 265 g/mol. The zero-order chi connectivity index (χ0) is 13.9. The van der Waals surface area contributed by atoms with Gasteiger partial charge < -0.3 is 0 Å². The molecule has 0 amide bonds. The molecule has 0 aliphatic heterocycles. The Morgan fingerprint density at radius 3 is 2.80 bits per heavy atom. The summed E-state index contributed by atoms with van der Waals surface area (Å²) in [5.41, 5.74) is 2.63. The van der Waals surface area contributed by atoms with Gasteiger partial charge in [0.25, 0.3) is 5.69 Å². The molecule has 0 aliphatic rings. The number of benzene rings is 2. The van der Waals surface area contributed by atoms with Gasteiger partial charge in [0.1, 0.15) is 0 Å². The summed E-state index contributed by atoms with van der Waals surface area (Å²) >= 11 is 0. The van der Waals surface area contributed by atoms with Gasteiger partial charge in [-0.05, 0) is 17.7 Å². The van der Waals surface area contributed by atoms with Gasteiger partial charge in [0.2, 0.25) is 0 Å². The number of para-hydroxylation sites is 1. The molecule has 0 aliphatic carbocycles. The van der Waals surface area contributed by atoms with Crippen molar-refractivity contribution >= 4 is 28.7 Å². The standard InChI is InChI=1S/C15H11N3O2/c19-18(20)12-5-3-4-11(10-12)8-9-15-13-6-1-2-7-14(13)16-17-15/h1-10H,(H,16,17)/b9-8+. The van der Waals surface area contributed by atoms with E-state index in [1.54, 1.807) is 6.07 Å². The summed E-state index contributed by atoms with van der Waals surface area (Å²) in [7, 11) is 0. The molecule has 1 heterocycles. The fraction of sp³-hybridized carbons (Fsp3) is 0. The van der Waals surface area contributed by atoms with Crippen LogP contribution >= 0.6 is 0 Å². The first-order valence-electron chi connectivity index (χ1n) is 6.10. The van der Waals surface area contributed by atoms with Gasteiger partial charge in [-0.2, -0.15) is 5.10 Å². The van der Waals surface area contributed by atoms with E-state index >= 15 is 0 Å². The normalized spacial score (nSPS) is 11.2. The molecule has 1 aromatic heterocycles. The molecule has 98 valence electrons. The number of nitro groups is 1. The van der Waals surface area contributed by atoms with Crippen molar-refractivity contribution in [1.82, 2.24) is 10.2 Å². The highest BCUT2D eigenvalue weighted by Crippen LogP contribution is 2.19. The minimum atomic E-state index is -0.402. The predicted octanol–water partition coefficient (Wildman–Crippen LogP) is 3.64. The van der Waals surface area contributed by atoms with Crippen LogP contribution in [0.15, 0.2) is 48.5 Å². The van der Waals surface area contributed by atoms with Crippen molar-refractivity contribution in [2.24, 2.45) is 0 Å². The summed E-state index contributed by atoms with van der Waals surface area (Å²) in [6, 6.07) is 14.3. The smallest absolute Gasteiger partial charge is 0.270 e. The van der Waals surface area contributed by atoms with Gasteiger partial charge in [-0.1, -0.05) is 36.4 Å². The first-order valence-corrected chi connectivity index (χ1v) is 6.10. The van der Waals surface area contributed by atoms with Crippen LogP contribution in [0.3, 0.4) is 0 Å². The lowest BCUT2D eigenvalue weighted by Gasteiger charge is -1.94. The van der Waals surface area contributed by atoms with Crippen LogP contribution in [-0.2, 0) is 0 Å². The fourth-order valence-corrected chi connectivity index (χ4v) is 2.03. The fourth-order valence-electron chi connectivity index (χ4n) is 2.03. The number of rotatable bonds is 3. The van der Waals surface area contributed by atoms with Crippen LogP contribution in [0.5, 0.6) is 0 Å². The zero-order valence-corrected chi connectivity index (χ0v) is 10.5. The summed E-state index contributed by atoms with van der Waals surface area (Å²) in [6.07, 6.45) is 3.66. The zero-order valence-electron chi connectivity index (χ0n) is 10.5. The minimum Gasteiger partial charge on any atom is -0.277 e. The molecule has 3 aromatic rings. The van der Waals surface area contributed by atoms with Crippen molar-refractivity contribution in [2.75, 3.05) is 0 Å². The van der Waals surface area contributed by atoms with Gasteiger partial charge in [0, 0.05) is 17.5 Å². The third kappa shape index (κ3) is 2.29. The summed E-state index contributed by atoms with van der Waals surface area (Å²) in [5.74, 6) is 0. The highest BCUT2D eigenvalue weighted by molar-refractivity contribution is 5.89. The number of nitrogens with one attached hydrogen (secondary N) is 1. The van der Waals surface area contributed by atoms with Gasteiger partial charge in [-0.15, -0.1) is 0 Å². The van der Waals surface area contributed by atoms with E-state index in [9.17, 15) is 10.1 Å². The van der Waals surface area contributed by atoms with E-state index < -0.39 is 4.92 Å². The van der Waals surface area contributed by atoms with E-state index in [-0.39, 0.29) is 5.69 Å². The number of hydrogen-bond acceptors (Lipinski definition) is 3. The van der Waals surface area contributed by atoms with Gasteiger partial charge in [-0.25, -0.2) is 0 Å². The van der Waals surface area contributed by atoms with Crippen LogP contribution in [0.25, 0.3) is 23.1 Å². The van der Waals surface area contributed by atoms with Gasteiger partial charge in [-0.3, -0.25) is 15.2 Å². The Bertz CT molecular complexity index is 805. The number of nitro benzene ring substituents is 1.